The van der Waals surface area contributed by atoms with E-state index in [0.29, 0.717) is 31.9 Å². The molecule has 0 radical (unpaired) electrons. The zero-order valence-electron chi connectivity index (χ0n) is 16.1. The molecule has 0 aliphatic rings. The van der Waals surface area contributed by atoms with Crippen LogP contribution in [0.2, 0.25) is 0 Å². The molecule has 160 valence electrons. The van der Waals surface area contributed by atoms with E-state index in [2.05, 4.69) is 29.5 Å². The van der Waals surface area contributed by atoms with Crippen molar-refractivity contribution in [3.05, 3.63) is 57.7 Å². The van der Waals surface area contributed by atoms with Crippen LogP contribution in [0.25, 0.3) is 17.0 Å². The maximum Gasteiger partial charge on any atom is 0.387 e. The molecule has 4 aromatic rings. The summed E-state index contributed by atoms with van der Waals surface area (Å²) in [6, 6.07) is 10.2. The van der Waals surface area contributed by atoms with Crippen LogP contribution in [-0.2, 0) is 0 Å². The van der Waals surface area contributed by atoms with Crippen LogP contribution in [0, 0.1) is 16.3 Å². The Morgan fingerprint density at radius 2 is 1.87 bits per heavy atom. The lowest BCUT2D eigenvalue weighted by molar-refractivity contribution is -0.0498. The van der Waals surface area contributed by atoms with E-state index in [1.54, 1.807) is 29.7 Å². The number of anilines is 3. The molecule has 0 bridgehead atoms. The number of nitrogens with two attached hydrogens (primary N) is 1. The fourth-order valence-corrected chi connectivity index (χ4v) is 4.17. The Morgan fingerprint density at radius 1 is 1.13 bits per heavy atom. The number of ether oxygens (including phenoxy) is 1. The number of hydrogen-bond acceptors (Lipinski definition) is 6. The summed E-state index contributed by atoms with van der Waals surface area (Å²) < 4.78 is 49.2. The average Bonchev–Trinajstić information content (AvgIpc) is 3.03. The zero-order chi connectivity index (χ0) is 22.1. The van der Waals surface area contributed by atoms with Gasteiger partial charge in [0.1, 0.15) is 23.2 Å². The van der Waals surface area contributed by atoms with Crippen molar-refractivity contribution >= 4 is 53.6 Å². The molecule has 11 heteroatoms. The highest BCUT2D eigenvalue weighted by atomic mass is 127. The summed E-state index contributed by atoms with van der Waals surface area (Å²) in [5.41, 5.74) is 7.87. The maximum atomic E-state index is 13.8. The summed E-state index contributed by atoms with van der Waals surface area (Å²) >= 11 is -0.742. The van der Waals surface area contributed by atoms with Crippen LogP contribution < -0.4 is 15.8 Å². The van der Waals surface area contributed by atoms with Crippen molar-refractivity contribution in [2.24, 2.45) is 0 Å². The molecule has 2 aromatic carbocycles. The molecule has 7 nitrogen and oxygen atoms in total. The second-order valence-corrected chi connectivity index (χ2v) is 8.20. The lowest BCUT2D eigenvalue weighted by Crippen LogP contribution is -2.10. The first-order chi connectivity index (χ1) is 14.9. The molecule has 0 amide bonds. The minimum atomic E-state index is -2.90. The highest BCUT2D eigenvalue weighted by molar-refractivity contribution is 14.2. The third kappa shape index (κ3) is 4.31. The van der Waals surface area contributed by atoms with Crippen molar-refractivity contribution in [1.29, 1.82) is 0 Å². The molecule has 0 saturated heterocycles. The van der Waals surface area contributed by atoms with Gasteiger partial charge in [0.15, 0.2) is 5.82 Å². The minimum absolute atomic E-state index is 0.0378. The Bertz CT molecular complexity index is 1280. The number of hydrogen-bond donors (Lipinski definition) is 2. The fraction of sp³-hybridized carbons (Fsp3) is 0.100. The van der Waals surface area contributed by atoms with Gasteiger partial charge in [-0.25, -0.2) is 9.37 Å². The number of nitrogen functional groups attached to an aromatic ring is 1. The number of fused-ring (bicyclic) bond motifs is 1. The molecule has 0 unspecified atom stereocenters. The quantitative estimate of drug-likeness (QED) is 0.343. The second-order valence-electron chi connectivity index (χ2n) is 6.36. The van der Waals surface area contributed by atoms with E-state index in [1.807, 2.05) is 0 Å². The van der Waals surface area contributed by atoms with Crippen molar-refractivity contribution < 1.29 is 17.9 Å². The van der Waals surface area contributed by atoms with Gasteiger partial charge in [0.2, 0.25) is 5.95 Å². The predicted molar refractivity (Wildman–Crippen MR) is 122 cm³/mol. The van der Waals surface area contributed by atoms with Gasteiger partial charge < -0.3 is 15.8 Å². The van der Waals surface area contributed by atoms with E-state index in [1.165, 1.54) is 24.3 Å². The van der Waals surface area contributed by atoms with Crippen LogP contribution in [0.1, 0.15) is 5.82 Å². The van der Waals surface area contributed by atoms with Gasteiger partial charge in [-0.1, -0.05) is 25.2 Å². The molecule has 2 aromatic heterocycles. The predicted octanol–water partition coefficient (Wildman–Crippen LogP) is 4.76. The lowest BCUT2D eigenvalue weighted by Gasteiger charge is -2.14. The molecule has 2 heterocycles. The number of benzene rings is 2. The molecule has 0 aliphatic heterocycles. The van der Waals surface area contributed by atoms with Crippen molar-refractivity contribution in [2.45, 2.75) is 13.5 Å². The molecule has 4 rings (SSSR count). The van der Waals surface area contributed by atoms with E-state index in [9.17, 15) is 13.2 Å². The van der Waals surface area contributed by atoms with Crippen LogP contribution in [0.15, 0.2) is 42.5 Å². The number of aromatic nitrogens is 4. The molecular weight excluding hydrogens is 524 g/mol. The Labute approximate surface area is 184 Å². The first-order valence-corrected chi connectivity index (χ1v) is 11.5. The molecule has 3 N–H and O–H groups in total. The molecule has 0 saturated carbocycles. The normalized spacial score (nSPS) is 11.3. The molecular formula is C20H16F3IN6O. The van der Waals surface area contributed by atoms with Gasteiger partial charge in [0.05, 0.1) is 14.6 Å². The van der Waals surface area contributed by atoms with Crippen LogP contribution >= 0.6 is 20.7 Å². The summed E-state index contributed by atoms with van der Waals surface area (Å²) in [7, 11) is 0. The van der Waals surface area contributed by atoms with Crippen molar-refractivity contribution in [3.8, 4) is 11.7 Å². The zero-order valence-corrected chi connectivity index (χ0v) is 18.3. The number of nitrogens with one attached hydrogen (secondary N) is 1. The van der Waals surface area contributed by atoms with Gasteiger partial charge in [-0.3, -0.25) is 4.57 Å². The summed E-state index contributed by atoms with van der Waals surface area (Å²) in [5.74, 6) is 1.11. The summed E-state index contributed by atoms with van der Waals surface area (Å²) in [6.07, 6.45) is 0. The summed E-state index contributed by atoms with van der Waals surface area (Å²) in [5, 5.41) is 3.13. The molecule has 0 spiro atoms. The standard InChI is InChI=1S/C20H16F3IN6O/c1-10-26-14-8-3-11(21)9-15(14)30(10)20-28-17(25)16(24-2)18(29-20)27-12-4-6-13(7-5-12)31-19(22)23/h3-9,19H,2H2,1H3,(H3,25,27,28,29). The first-order valence-electron chi connectivity index (χ1n) is 8.88. The van der Waals surface area contributed by atoms with Gasteiger partial charge in [-0.2, -0.15) is 18.7 Å². The summed E-state index contributed by atoms with van der Waals surface area (Å²) in [4.78, 5) is 13.4. The van der Waals surface area contributed by atoms with Gasteiger partial charge in [0, 0.05) is 11.8 Å². The Hall–Kier alpha value is -3.22. The Balaban J connectivity index is 1.77. The van der Waals surface area contributed by atoms with Crippen LogP contribution in [0.4, 0.5) is 30.5 Å². The third-order valence-electron chi connectivity index (χ3n) is 4.33. The van der Waals surface area contributed by atoms with Crippen molar-refractivity contribution in [3.63, 3.8) is 0 Å². The van der Waals surface area contributed by atoms with Gasteiger partial charge in [-0.15, -0.1) is 0 Å². The number of nitrogens with zero attached hydrogens (tertiary/aromatic N) is 4. The van der Waals surface area contributed by atoms with E-state index in [-0.39, 0.29) is 17.5 Å². The van der Waals surface area contributed by atoms with Crippen LogP contribution in [-0.4, -0.2) is 30.6 Å². The monoisotopic (exact) mass is 540 g/mol. The van der Waals surface area contributed by atoms with Crippen LogP contribution in [0.3, 0.4) is 0 Å². The maximum absolute atomic E-state index is 13.8. The number of aryl methyl sites for hydroxylation is 1. The van der Waals surface area contributed by atoms with Gasteiger partial charge >= 0.3 is 6.61 Å². The first kappa shape index (κ1) is 21.0. The summed E-state index contributed by atoms with van der Waals surface area (Å²) in [6.45, 7) is -1.14. The van der Waals surface area contributed by atoms with Gasteiger partial charge in [0.25, 0.3) is 0 Å². The minimum Gasteiger partial charge on any atom is -0.435 e. The SMILES string of the molecule is C=Ic1c(N)nc(-n2c(C)nc3ccc(F)cc32)nc1Nc1ccc(OC(F)F)cc1. The van der Waals surface area contributed by atoms with Crippen molar-refractivity contribution in [1.82, 2.24) is 19.5 Å². The van der Waals surface area contributed by atoms with E-state index < -0.39 is 33.2 Å². The Kier molecular flexibility index (Phi) is 5.76. The van der Waals surface area contributed by atoms with Gasteiger partial charge in [-0.05, 0) is 43.3 Å². The average molecular weight is 540 g/mol. The number of halogens is 4. The number of rotatable bonds is 6. The largest absolute Gasteiger partial charge is 0.435 e. The van der Waals surface area contributed by atoms with E-state index >= 15 is 0 Å². The van der Waals surface area contributed by atoms with Crippen molar-refractivity contribution in [2.75, 3.05) is 11.1 Å². The molecule has 0 aliphatic carbocycles. The highest BCUT2D eigenvalue weighted by Crippen LogP contribution is 2.30. The number of imidazole rings is 1. The van der Waals surface area contributed by atoms with Crippen LogP contribution in [0.5, 0.6) is 5.75 Å². The highest BCUT2D eigenvalue weighted by Gasteiger charge is 2.17. The lowest BCUT2D eigenvalue weighted by atomic mass is 10.3. The smallest absolute Gasteiger partial charge is 0.387 e. The topological polar surface area (TPSA) is 90.9 Å². The molecule has 0 fully saturated rings. The molecule has 31 heavy (non-hydrogen) atoms. The third-order valence-corrected chi connectivity index (χ3v) is 6.15. The molecule has 0 atom stereocenters. The Morgan fingerprint density at radius 3 is 2.55 bits per heavy atom. The van der Waals surface area contributed by atoms with E-state index in [4.69, 9.17) is 5.73 Å². The fourth-order valence-electron chi connectivity index (χ4n) is 3.04. The second kappa shape index (κ2) is 8.49. The number of alkyl halides is 2. The van der Waals surface area contributed by atoms with E-state index in [0.717, 1.165) is 0 Å².